The summed E-state index contributed by atoms with van der Waals surface area (Å²) in [5, 5.41) is 0.447. The average Bonchev–Trinajstić information content (AvgIpc) is 2.27. The molecule has 102 valence electrons. The summed E-state index contributed by atoms with van der Waals surface area (Å²) in [6.45, 7) is 13.4. The fourth-order valence-electron chi connectivity index (χ4n) is 2.09. The van der Waals surface area contributed by atoms with Crippen molar-refractivity contribution in [3.63, 3.8) is 0 Å². The van der Waals surface area contributed by atoms with Crippen LogP contribution in [0.25, 0.3) is 0 Å². The van der Waals surface area contributed by atoms with E-state index in [1.54, 1.807) is 0 Å². The van der Waals surface area contributed by atoms with E-state index in [0.717, 1.165) is 6.42 Å². The Labute approximate surface area is 117 Å². The lowest BCUT2D eigenvalue weighted by Crippen LogP contribution is -2.40. The van der Waals surface area contributed by atoms with Crippen molar-refractivity contribution < 1.29 is 0 Å². The fraction of sp³-hybridized carbons (Fsp3) is 0.625. The Morgan fingerprint density at radius 1 is 1.22 bits per heavy atom. The van der Waals surface area contributed by atoms with Crippen molar-refractivity contribution in [2.24, 2.45) is 11.1 Å². The molecule has 0 amide bonds. The fourth-order valence-corrected chi connectivity index (χ4v) is 3.59. The molecular weight excluding hydrogens is 238 g/mol. The minimum Gasteiger partial charge on any atom is -0.327 e. The Hall–Kier alpha value is -0.470. The molecule has 0 aliphatic carbocycles. The molecule has 0 aliphatic rings. The van der Waals surface area contributed by atoms with E-state index in [4.69, 9.17) is 5.73 Å². The first kappa shape index (κ1) is 15.6. The zero-order valence-corrected chi connectivity index (χ0v) is 13.4. The van der Waals surface area contributed by atoms with Crippen LogP contribution in [0.5, 0.6) is 0 Å². The molecule has 0 heterocycles. The summed E-state index contributed by atoms with van der Waals surface area (Å²) in [5.74, 6) is 0. The molecule has 2 N–H and O–H groups in total. The maximum atomic E-state index is 6.32. The van der Waals surface area contributed by atoms with Crippen molar-refractivity contribution in [2.45, 2.75) is 64.2 Å². The molecule has 0 radical (unpaired) electrons. The lowest BCUT2D eigenvalue weighted by molar-refractivity contribution is 0.350. The summed E-state index contributed by atoms with van der Waals surface area (Å²) in [6.07, 6.45) is 1.03. The van der Waals surface area contributed by atoms with Gasteiger partial charge in [0.05, 0.1) is 0 Å². The highest BCUT2D eigenvalue weighted by atomic mass is 32.2. The second-order valence-corrected chi connectivity index (χ2v) is 7.43. The highest BCUT2D eigenvalue weighted by molar-refractivity contribution is 8.00. The van der Waals surface area contributed by atoms with Crippen LogP contribution in [0, 0.1) is 19.3 Å². The van der Waals surface area contributed by atoms with Gasteiger partial charge in [-0.05, 0) is 37.3 Å². The molecule has 1 aromatic carbocycles. The van der Waals surface area contributed by atoms with E-state index in [0.29, 0.717) is 5.25 Å². The van der Waals surface area contributed by atoms with Crippen molar-refractivity contribution in [3.05, 3.63) is 29.3 Å². The largest absolute Gasteiger partial charge is 0.327 e. The standard InChI is InChI=1S/C16H27NS/c1-7-13(17)15(16(4,5)6)18-14-10-11(2)8-9-12(14)3/h8-10,13,15H,7,17H2,1-6H3. The zero-order valence-electron chi connectivity index (χ0n) is 12.6. The lowest BCUT2D eigenvalue weighted by atomic mass is 9.87. The van der Waals surface area contributed by atoms with E-state index in [-0.39, 0.29) is 11.5 Å². The van der Waals surface area contributed by atoms with Crippen LogP contribution >= 0.6 is 11.8 Å². The smallest absolute Gasteiger partial charge is 0.0294 e. The van der Waals surface area contributed by atoms with Gasteiger partial charge in [-0.3, -0.25) is 0 Å². The van der Waals surface area contributed by atoms with E-state index in [9.17, 15) is 0 Å². The number of nitrogens with two attached hydrogens (primary N) is 1. The minimum absolute atomic E-state index is 0.219. The molecule has 0 aliphatic heterocycles. The first-order valence-electron chi connectivity index (χ1n) is 6.75. The second-order valence-electron chi connectivity index (χ2n) is 6.25. The molecular formula is C16H27NS. The molecule has 2 unspecified atom stereocenters. The zero-order chi connectivity index (χ0) is 13.9. The molecule has 1 rings (SSSR count). The summed E-state index contributed by atoms with van der Waals surface area (Å²) in [4.78, 5) is 1.37. The first-order chi connectivity index (χ1) is 8.25. The normalized spacial score (nSPS) is 15.5. The molecule has 2 heteroatoms. The predicted molar refractivity (Wildman–Crippen MR) is 83.3 cm³/mol. The van der Waals surface area contributed by atoms with E-state index in [2.05, 4.69) is 59.7 Å². The Kier molecular flexibility index (Phi) is 5.30. The van der Waals surface area contributed by atoms with Crippen LogP contribution < -0.4 is 5.73 Å². The molecule has 2 atom stereocenters. The van der Waals surface area contributed by atoms with Gasteiger partial charge in [0.15, 0.2) is 0 Å². The second kappa shape index (κ2) is 6.12. The van der Waals surface area contributed by atoms with Crippen LogP contribution in [0.1, 0.15) is 45.2 Å². The Morgan fingerprint density at radius 3 is 2.33 bits per heavy atom. The third kappa shape index (κ3) is 4.03. The van der Waals surface area contributed by atoms with Crippen molar-refractivity contribution in [1.82, 2.24) is 0 Å². The van der Waals surface area contributed by atoms with Crippen molar-refractivity contribution >= 4 is 11.8 Å². The third-order valence-electron chi connectivity index (χ3n) is 3.31. The summed E-state index contributed by atoms with van der Waals surface area (Å²) in [5.41, 5.74) is 9.21. The van der Waals surface area contributed by atoms with Gasteiger partial charge in [-0.25, -0.2) is 0 Å². The average molecular weight is 265 g/mol. The number of aryl methyl sites for hydroxylation is 2. The van der Waals surface area contributed by atoms with Crippen molar-refractivity contribution in [2.75, 3.05) is 0 Å². The highest BCUT2D eigenvalue weighted by Crippen LogP contribution is 2.39. The van der Waals surface area contributed by atoms with E-state index in [1.807, 2.05) is 11.8 Å². The highest BCUT2D eigenvalue weighted by Gasteiger charge is 2.30. The number of hydrogen-bond donors (Lipinski definition) is 1. The number of rotatable bonds is 4. The van der Waals surface area contributed by atoms with Crippen LogP contribution in [-0.4, -0.2) is 11.3 Å². The minimum atomic E-state index is 0.219. The lowest BCUT2D eigenvalue weighted by Gasteiger charge is -2.34. The third-order valence-corrected chi connectivity index (χ3v) is 5.32. The van der Waals surface area contributed by atoms with Gasteiger partial charge in [0.2, 0.25) is 0 Å². The molecule has 0 fully saturated rings. The van der Waals surface area contributed by atoms with Crippen LogP contribution in [-0.2, 0) is 0 Å². The van der Waals surface area contributed by atoms with Crippen LogP contribution in [0.4, 0.5) is 0 Å². The molecule has 0 saturated carbocycles. The summed E-state index contributed by atoms with van der Waals surface area (Å²) >= 11 is 1.94. The molecule has 0 aromatic heterocycles. The van der Waals surface area contributed by atoms with Gasteiger partial charge in [0.1, 0.15) is 0 Å². The van der Waals surface area contributed by atoms with Crippen LogP contribution in [0.15, 0.2) is 23.1 Å². The number of thioether (sulfide) groups is 1. The maximum absolute atomic E-state index is 6.32. The quantitative estimate of drug-likeness (QED) is 0.808. The van der Waals surface area contributed by atoms with Crippen molar-refractivity contribution in [3.8, 4) is 0 Å². The summed E-state index contributed by atoms with van der Waals surface area (Å²) in [7, 11) is 0. The molecule has 0 bridgehead atoms. The maximum Gasteiger partial charge on any atom is 0.0294 e. The monoisotopic (exact) mass is 265 g/mol. The van der Waals surface area contributed by atoms with Crippen molar-refractivity contribution in [1.29, 1.82) is 0 Å². The molecule has 18 heavy (non-hydrogen) atoms. The molecule has 1 aromatic rings. The number of benzene rings is 1. The Balaban J connectivity index is 3.00. The topological polar surface area (TPSA) is 26.0 Å². The van der Waals surface area contributed by atoms with Crippen LogP contribution in [0.3, 0.4) is 0 Å². The van der Waals surface area contributed by atoms with Gasteiger partial charge in [-0.15, -0.1) is 11.8 Å². The number of hydrogen-bond acceptors (Lipinski definition) is 2. The van der Waals surface area contributed by atoms with Gasteiger partial charge in [0.25, 0.3) is 0 Å². The van der Waals surface area contributed by atoms with Gasteiger partial charge in [-0.2, -0.15) is 0 Å². The summed E-state index contributed by atoms with van der Waals surface area (Å²) < 4.78 is 0. The Bertz CT molecular complexity index is 393. The molecule has 0 spiro atoms. The van der Waals surface area contributed by atoms with Gasteiger partial charge in [-0.1, -0.05) is 45.4 Å². The first-order valence-corrected chi connectivity index (χ1v) is 7.63. The Morgan fingerprint density at radius 2 is 1.83 bits per heavy atom. The molecule has 0 saturated heterocycles. The van der Waals surface area contributed by atoms with E-state index in [1.165, 1.54) is 16.0 Å². The summed E-state index contributed by atoms with van der Waals surface area (Å²) in [6, 6.07) is 6.90. The SMILES string of the molecule is CCC(N)C(Sc1cc(C)ccc1C)C(C)(C)C. The van der Waals surface area contributed by atoms with Gasteiger partial charge < -0.3 is 5.73 Å². The predicted octanol–water partition coefficient (Wildman–Crippen LogP) is 4.55. The molecule has 1 nitrogen and oxygen atoms in total. The van der Waals surface area contributed by atoms with E-state index >= 15 is 0 Å². The van der Waals surface area contributed by atoms with Gasteiger partial charge in [0, 0.05) is 16.2 Å². The van der Waals surface area contributed by atoms with Crippen LogP contribution in [0.2, 0.25) is 0 Å². The van der Waals surface area contributed by atoms with E-state index < -0.39 is 0 Å². The van der Waals surface area contributed by atoms with Gasteiger partial charge >= 0.3 is 0 Å².